The number of aliphatic imine (C=N–C) groups is 1. The van der Waals surface area contributed by atoms with E-state index in [1.54, 1.807) is 17.2 Å². The van der Waals surface area contributed by atoms with Gasteiger partial charge in [-0.25, -0.2) is 9.59 Å². The number of nitrogens with two attached hydrogens (primary N) is 1. The van der Waals surface area contributed by atoms with E-state index in [9.17, 15) is 45.3 Å². The lowest BCUT2D eigenvalue weighted by Crippen LogP contribution is -2.69. The van der Waals surface area contributed by atoms with Crippen LogP contribution in [0.15, 0.2) is 64.7 Å². The number of hydrogen-bond donors (Lipinski definition) is 11. The van der Waals surface area contributed by atoms with Crippen molar-refractivity contribution < 1.29 is 74.1 Å². The third-order valence-electron chi connectivity index (χ3n) is 10.0. The van der Waals surface area contributed by atoms with Crippen LogP contribution < -0.4 is 16.4 Å². The van der Waals surface area contributed by atoms with Gasteiger partial charge in [-0.3, -0.25) is 10.3 Å². The van der Waals surface area contributed by atoms with Crippen molar-refractivity contribution in [3.63, 3.8) is 0 Å². The van der Waals surface area contributed by atoms with Crippen LogP contribution in [0.3, 0.4) is 0 Å². The number of likely N-dealkylation sites (N-methyl/N-ethyl adjacent to an activating group) is 1. The molecule has 0 bridgehead atoms. The van der Waals surface area contributed by atoms with Gasteiger partial charge >= 0.3 is 11.9 Å². The van der Waals surface area contributed by atoms with E-state index >= 15 is 0 Å². The number of nitrogens with zero attached hydrogens (tertiary/aromatic N) is 2. The number of aliphatic hydroxyl groups excluding tert-OH is 5. The first kappa shape index (κ1) is 45.8. The molecule has 2 fully saturated rings. The summed E-state index contributed by atoms with van der Waals surface area (Å²) in [4.78, 5) is 32.1. The summed E-state index contributed by atoms with van der Waals surface area (Å²) in [5.74, 6) is -7.09. The Kier molecular flexibility index (Phi) is 17.4. The molecule has 20 heteroatoms. The molecule has 12 N–H and O–H groups in total. The topological polar surface area (TPSA) is 308 Å². The smallest absolute Gasteiger partial charge is 0.338 e. The van der Waals surface area contributed by atoms with Gasteiger partial charge in [-0.15, -0.1) is 6.58 Å². The summed E-state index contributed by atoms with van der Waals surface area (Å²) in [6.07, 6.45) is 1.49. The summed E-state index contributed by atoms with van der Waals surface area (Å²) in [6, 6.07) is 0. The highest BCUT2D eigenvalue weighted by Gasteiger charge is 2.58. The molecule has 0 aromatic carbocycles. The Balaban J connectivity index is 1.77. The molecule has 57 heavy (non-hydrogen) atoms. The zero-order chi connectivity index (χ0) is 41.7. The maximum absolute atomic E-state index is 13.9. The van der Waals surface area contributed by atoms with Gasteiger partial charge in [0.25, 0.3) is 0 Å². The van der Waals surface area contributed by atoms with Crippen LogP contribution in [0.25, 0.3) is 0 Å². The predicted octanol–water partition coefficient (Wildman–Crippen LogP) is -2.41. The molecule has 0 aromatic rings. The van der Waals surface area contributed by atoms with Crippen molar-refractivity contribution >= 4 is 17.9 Å². The highest BCUT2D eigenvalue weighted by atomic mass is 16.8. The lowest BCUT2D eigenvalue weighted by molar-refractivity contribution is -0.416. The van der Waals surface area contributed by atoms with Crippen molar-refractivity contribution in [2.24, 2.45) is 22.6 Å². The summed E-state index contributed by atoms with van der Waals surface area (Å²) in [7, 11) is 1.43. The van der Waals surface area contributed by atoms with Gasteiger partial charge in [0.05, 0.1) is 55.4 Å². The van der Waals surface area contributed by atoms with Crippen molar-refractivity contribution in [2.45, 2.75) is 87.5 Å². The highest BCUT2D eigenvalue weighted by Crippen LogP contribution is 2.39. The van der Waals surface area contributed by atoms with Crippen LogP contribution in [-0.2, 0) is 33.3 Å². The molecule has 1 saturated carbocycles. The first-order valence-electron chi connectivity index (χ1n) is 18.9. The summed E-state index contributed by atoms with van der Waals surface area (Å²) in [6.45, 7) is 2.18. The Morgan fingerprint density at radius 1 is 1.16 bits per heavy atom. The molecule has 0 aromatic heterocycles. The molecule has 8 unspecified atom stereocenters. The fraction of sp³-hybridized carbons (Fsp3) is 0.649. The van der Waals surface area contributed by atoms with Crippen molar-refractivity contribution in [1.82, 2.24) is 15.5 Å². The molecule has 0 radical (unpaired) electrons. The monoisotopic (exact) mass is 811 g/mol. The number of allylic oxidation sites excluding steroid dienone is 2. The van der Waals surface area contributed by atoms with Crippen molar-refractivity contribution in [1.29, 1.82) is 0 Å². The van der Waals surface area contributed by atoms with Gasteiger partial charge in [0, 0.05) is 37.4 Å². The minimum absolute atomic E-state index is 0.0439. The average Bonchev–Trinajstić information content (AvgIpc) is 3.19. The van der Waals surface area contributed by atoms with Gasteiger partial charge in [-0.05, 0) is 39.2 Å². The average molecular weight is 812 g/mol. The predicted molar refractivity (Wildman–Crippen MR) is 200 cm³/mol. The number of carboxylic acid groups (broad SMARTS) is 1. The molecule has 20 nitrogen and oxygen atoms in total. The second-order valence-electron chi connectivity index (χ2n) is 14.0. The Bertz CT molecular complexity index is 1520. The van der Waals surface area contributed by atoms with Crippen LogP contribution in [0, 0.1) is 11.8 Å². The van der Waals surface area contributed by atoms with E-state index in [4.69, 9.17) is 34.5 Å². The van der Waals surface area contributed by atoms with E-state index in [-0.39, 0.29) is 67.3 Å². The van der Waals surface area contributed by atoms with Gasteiger partial charge in [0.15, 0.2) is 18.4 Å². The molecule has 0 spiro atoms. The minimum atomic E-state index is -3.07. The fourth-order valence-electron chi connectivity index (χ4n) is 6.90. The quantitative estimate of drug-likeness (QED) is 0.0162. The molecular weight excluding hydrogens is 754 g/mol. The van der Waals surface area contributed by atoms with Gasteiger partial charge in [-0.2, -0.15) is 0 Å². The number of ether oxygens (including phenoxy) is 5. The highest BCUT2D eigenvalue weighted by molar-refractivity contribution is 5.92. The Morgan fingerprint density at radius 2 is 1.89 bits per heavy atom. The number of rotatable bonds is 19. The SMILES string of the molecule is C=CC1C(OC2OC(CO)C(O)C(O)(O)C2OC(CO)NC)OC=C(C(=O)OC2CCCCC2)C1C=CC1=CN(CCO)CC(C(=O)O)=C1NC(N)=NCCCO. The molecule has 1 aliphatic carbocycles. The van der Waals surface area contributed by atoms with E-state index < -0.39 is 79.9 Å². The van der Waals surface area contributed by atoms with Crippen molar-refractivity contribution in [2.75, 3.05) is 53.1 Å². The number of aliphatic hydroxyl groups is 7. The molecule has 1 saturated heterocycles. The molecule has 320 valence electrons. The van der Waals surface area contributed by atoms with Gasteiger partial charge < -0.3 is 80.5 Å². The maximum atomic E-state index is 13.9. The molecule has 4 rings (SSSR count). The summed E-state index contributed by atoms with van der Waals surface area (Å²) >= 11 is 0. The first-order chi connectivity index (χ1) is 27.3. The van der Waals surface area contributed by atoms with Gasteiger partial charge in [0.2, 0.25) is 12.1 Å². The van der Waals surface area contributed by atoms with Crippen LogP contribution in [0.4, 0.5) is 0 Å². The zero-order valence-corrected chi connectivity index (χ0v) is 31.9. The molecule has 8 atom stereocenters. The normalized spacial score (nSPS) is 29.0. The third kappa shape index (κ3) is 11.6. The van der Waals surface area contributed by atoms with Crippen LogP contribution in [0.2, 0.25) is 0 Å². The second-order valence-corrected chi connectivity index (χ2v) is 14.0. The van der Waals surface area contributed by atoms with E-state index in [1.165, 1.54) is 19.2 Å². The number of nitrogens with one attached hydrogen (secondary N) is 2. The Labute approximate surface area is 330 Å². The van der Waals surface area contributed by atoms with E-state index in [2.05, 4.69) is 22.2 Å². The number of aliphatic carboxylic acids is 1. The van der Waals surface area contributed by atoms with Crippen LogP contribution >= 0.6 is 0 Å². The summed E-state index contributed by atoms with van der Waals surface area (Å²) in [5, 5.41) is 87.0. The number of carboxylic acids is 1. The molecule has 3 aliphatic heterocycles. The Hall–Kier alpha value is -3.93. The lowest BCUT2D eigenvalue weighted by atomic mass is 9.83. The maximum Gasteiger partial charge on any atom is 0.338 e. The van der Waals surface area contributed by atoms with Crippen molar-refractivity contribution in [3.05, 3.63) is 59.7 Å². The van der Waals surface area contributed by atoms with Gasteiger partial charge in [0.1, 0.15) is 24.5 Å². The minimum Gasteiger partial charge on any atom is -0.478 e. The number of carbonyl (C=O) groups excluding carboxylic acids is 1. The molecule has 3 heterocycles. The number of guanidine groups is 1. The number of carbonyl (C=O) groups is 2. The standard InChI is InChI=1S/C37H57N5O15/c1-3-23-24(11-10-21-16-42(13-15-44)17-25(32(48)49)29(21)41-36(38)40-12-7-14-43)26(33(50)54-22-8-5-4-6-9-22)20-53-34(23)57-35-31(56-28(19-46)39-2)37(51,52)30(47)27(18-45)55-35/h3,10-11,16,20,22-24,27-28,30-31,34-35,39,43-47,51-52H,1,4-9,12-15,17-19H2,2H3,(H,48,49)(H3,38,40,41). The molecule has 0 amide bonds. The largest absolute Gasteiger partial charge is 0.478 e. The van der Waals surface area contributed by atoms with Crippen LogP contribution in [0.5, 0.6) is 0 Å². The number of esters is 1. The second kappa shape index (κ2) is 21.7. The van der Waals surface area contributed by atoms with E-state index in [1.807, 2.05) is 0 Å². The van der Waals surface area contributed by atoms with Gasteiger partial charge in [-0.1, -0.05) is 24.6 Å². The Morgan fingerprint density at radius 3 is 2.51 bits per heavy atom. The van der Waals surface area contributed by atoms with Crippen LogP contribution in [-0.4, -0.2) is 166 Å². The number of β-amino-alcohol motifs (C(OH)–C–C–N with tert-alkyl or cyclic N) is 1. The molecule has 4 aliphatic rings. The zero-order valence-electron chi connectivity index (χ0n) is 31.9. The van der Waals surface area contributed by atoms with Crippen LogP contribution in [0.1, 0.15) is 38.5 Å². The third-order valence-corrected chi connectivity index (χ3v) is 10.0. The fourth-order valence-corrected chi connectivity index (χ4v) is 6.90. The summed E-state index contributed by atoms with van der Waals surface area (Å²) < 4.78 is 29.4. The van der Waals surface area contributed by atoms with E-state index in [0.717, 1.165) is 25.5 Å². The lowest BCUT2D eigenvalue weighted by Gasteiger charge is -2.48. The van der Waals surface area contributed by atoms with Crippen molar-refractivity contribution in [3.8, 4) is 0 Å². The first-order valence-corrected chi connectivity index (χ1v) is 18.9. The molecular formula is C37H57N5O15. The number of hydrogen-bond acceptors (Lipinski definition) is 17. The van der Waals surface area contributed by atoms with E-state index in [0.29, 0.717) is 19.3 Å². The summed E-state index contributed by atoms with van der Waals surface area (Å²) in [5.41, 5.74) is 6.41.